The maximum atomic E-state index is 13.0. The van der Waals surface area contributed by atoms with E-state index in [0.717, 1.165) is 0 Å². The molecule has 0 unspecified atom stereocenters. The quantitative estimate of drug-likeness (QED) is 0.256. The molecule has 0 bridgehead atoms. The Hall–Kier alpha value is -5.15. The average Bonchev–Trinajstić information content (AvgIpc) is 2.93. The van der Waals surface area contributed by atoms with Crippen molar-refractivity contribution in [1.29, 1.82) is 0 Å². The second-order valence-electron chi connectivity index (χ2n) is 8.52. The van der Waals surface area contributed by atoms with Crippen LogP contribution in [0.2, 0.25) is 0 Å². The van der Waals surface area contributed by atoms with Crippen LogP contribution < -0.4 is 19.2 Å². The van der Waals surface area contributed by atoms with E-state index in [1.807, 2.05) is 12.1 Å². The third kappa shape index (κ3) is 4.78. The van der Waals surface area contributed by atoms with Crippen LogP contribution in [0.1, 0.15) is 0 Å². The van der Waals surface area contributed by atoms with Crippen LogP contribution in [0, 0.1) is 0 Å². The van der Waals surface area contributed by atoms with Gasteiger partial charge in [0, 0.05) is 23.3 Å². The predicted octanol–water partition coefficient (Wildman–Crippen LogP) is 5.94. The summed E-state index contributed by atoms with van der Waals surface area (Å²) in [5, 5.41) is -0.149. The molecule has 0 amide bonds. The van der Waals surface area contributed by atoms with Crippen molar-refractivity contribution in [1.82, 2.24) is 0 Å². The molecule has 9 heteroatoms. The van der Waals surface area contributed by atoms with Crippen LogP contribution in [0.15, 0.2) is 128 Å². The molecule has 39 heavy (non-hydrogen) atoms. The van der Waals surface area contributed by atoms with E-state index in [2.05, 4.69) is 0 Å². The van der Waals surface area contributed by atoms with E-state index in [4.69, 9.17) is 17.2 Å². The highest BCUT2D eigenvalue weighted by molar-refractivity contribution is 7.82. The summed E-state index contributed by atoms with van der Waals surface area (Å²) in [7, 11) is -4.79. The smallest absolute Gasteiger partial charge is 0.456 e. The highest BCUT2D eigenvalue weighted by Gasteiger charge is 2.22. The second kappa shape index (κ2) is 9.62. The first-order chi connectivity index (χ1) is 18.9. The van der Waals surface area contributed by atoms with Gasteiger partial charge in [-0.2, -0.15) is 0 Å². The van der Waals surface area contributed by atoms with Gasteiger partial charge < -0.3 is 17.2 Å². The molecule has 2 aromatic heterocycles. The SMILES string of the molecule is O=c1cc(-c2ccccc2)oc2cccc(OS(=O)(=O)Oc3cccc4oc(-c5ccccc5)cc(=O)c34)c12. The standard InChI is InChI=1S/C30H18O8S/c31-21-17-27(19-9-3-1-4-10-19)35-23-13-7-15-25(29(21)23)37-39(33,34)38-26-16-8-14-24-30(26)22(32)18-28(36-24)20-11-5-2-6-12-20/h1-18H. The first-order valence-corrected chi connectivity index (χ1v) is 13.1. The molecule has 4 aromatic carbocycles. The topological polar surface area (TPSA) is 113 Å². The first-order valence-electron chi connectivity index (χ1n) is 11.8. The fraction of sp³-hybridized carbons (Fsp3) is 0. The van der Waals surface area contributed by atoms with Gasteiger partial charge in [0.1, 0.15) is 33.5 Å². The molecule has 0 atom stereocenters. The summed E-state index contributed by atoms with van der Waals surface area (Å²) in [6, 6.07) is 29.2. The Kier molecular flexibility index (Phi) is 5.97. The van der Waals surface area contributed by atoms with Crippen LogP contribution in [-0.4, -0.2) is 8.42 Å². The minimum Gasteiger partial charge on any atom is -0.456 e. The van der Waals surface area contributed by atoms with Gasteiger partial charge in [0.2, 0.25) is 0 Å². The summed E-state index contributed by atoms with van der Waals surface area (Å²) >= 11 is 0. The molecule has 0 spiro atoms. The molecular formula is C30H18O8S. The van der Waals surface area contributed by atoms with Gasteiger partial charge in [-0.25, -0.2) is 0 Å². The van der Waals surface area contributed by atoms with E-state index in [1.54, 1.807) is 48.5 Å². The van der Waals surface area contributed by atoms with Gasteiger partial charge in [0.15, 0.2) is 22.4 Å². The Bertz CT molecular complexity index is 1920. The van der Waals surface area contributed by atoms with E-state index in [1.165, 1.54) is 48.5 Å². The first kappa shape index (κ1) is 24.2. The highest BCUT2D eigenvalue weighted by atomic mass is 32.3. The number of rotatable bonds is 6. The third-order valence-electron chi connectivity index (χ3n) is 5.93. The maximum absolute atomic E-state index is 13.0. The zero-order valence-corrected chi connectivity index (χ0v) is 20.9. The molecule has 0 aliphatic heterocycles. The Labute approximate surface area is 221 Å². The van der Waals surface area contributed by atoms with Crippen LogP contribution in [0.25, 0.3) is 44.6 Å². The Balaban J connectivity index is 1.36. The highest BCUT2D eigenvalue weighted by Crippen LogP contribution is 2.31. The minimum atomic E-state index is -4.79. The maximum Gasteiger partial charge on any atom is 0.501 e. The van der Waals surface area contributed by atoms with E-state index < -0.39 is 21.3 Å². The van der Waals surface area contributed by atoms with E-state index in [0.29, 0.717) is 22.6 Å². The van der Waals surface area contributed by atoms with Crippen LogP contribution in [0.4, 0.5) is 0 Å². The summed E-state index contributed by atoms with van der Waals surface area (Å²) in [6.07, 6.45) is 0. The number of hydrogen-bond donors (Lipinski definition) is 0. The van der Waals surface area contributed by atoms with Crippen molar-refractivity contribution in [3.8, 4) is 34.1 Å². The van der Waals surface area contributed by atoms with Gasteiger partial charge in [0.25, 0.3) is 0 Å². The monoisotopic (exact) mass is 538 g/mol. The van der Waals surface area contributed by atoms with E-state index in [9.17, 15) is 18.0 Å². The Morgan fingerprint density at radius 3 is 1.33 bits per heavy atom. The largest absolute Gasteiger partial charge is 0.501 e. The van der Waals surface area contributed by atoms with Crippen molar-refractivity contribution in [2.75, 3.05) is 0 Å². The van der Waals surface area contributed by atoms with Gasteiger partial charge >= 0.3 is 10.4 Å². The lowest BCUT2D eigenvalue weighted by atomic mass is 10.1. The molecule has 0 fully saturated rings. The number of hydrogen-bond acceptors (Lipinski definition) is 8. The summed E-state index contributed by atoms with van der Waals surface area (Å²) in [5.74, 6) is 0.0856. The lowest BCUT2D eigenvalue weighted by Crippen LogP contribution is -2.18. The fourth-order valence-electron chi connectivity index (χ4n) is 4.22. The summed E-state index contributed by atoms with van der Waals surface area (Å²) in [6.45, 7) is 0. The molecule has 2 heterocycles. The molecular weight excluding hydrogens is 520 g/mol. The van der Waals surface area contributed by atoms with Crippen LogP contribution in [0.5, 0.6) is 11.5 Å². The zero-order chi connectivity index (χ0) is 27.0. The predicted molar refractivity (Wildman–Crippen MR) is 146 cm³/mol. The van der Waals surface area contributed by atoms with Crippen molar-refractivity contribution in [2.45, 2.75) is 0 Å². The number of fused-ring (bicyclic) bond motifs is 2. The normalized spacial score (nSPS) is 11.5. The summed E-state index contributed by atoms with van der Waals surface area (Å²) in [4.78, 5) is 26.0. The summed E-state index contributed by atoms with van der Waals surface area (Å²) in [5.41, 5.74) is 0.634. The average molecular weight is 539 g/mol. The molecule has 8 nitrogen and oxygen atoms in total. The van der Waals surface area contributed by atoms with Gasteiger partial charge in [-0.05, 0) is 24.3 Å². The molecule has 0 aliphatic carbocycles. The van der Waals surface area contributed by atoms with Crippen LogP contribution >= 0.6 is 0 Å². The van der Waals surface area contributed by atoms with Crippen molar-refractivity contribution in [2.24, 2.45) is 0 Å². The minimum absolute atomic E-state index is 0.0747. The lowest BCUT2D eigenvalue weighted by Gasteiger charge is -2.11. The zero-order valence-electron chi connectivity index (χ0n) is 20.1. The lowest BCUT2D eigenvalue weighted by molar-refractivity contribution is 0.395. The number of benzene rings is 4. The van der Waals surface area contributed by atoms with Gasteiger partial charge in [-0.15, -0.1) is 8.42 Å². The van der Waals surface area contributed by atoms with E-state index in [-0.39, 0.29) is 33.4 Å². The van der Waals surface area contributed by atoms with Gasteiger partial charge in [-0.3, -0.25) is 9.59 Å². The fourth-order valence-corrected chi connectivity index (χ4v) is 4.97. The summed E-state index contributed by atoms with van der Waals surface area (Å²) < 4.78 is 48.0. The third-order valence-corrected chi connectivity index (χ3v) is 6.70. The molecule has 192 valence electrons. The molecule has 0 saturated carbocycles. The van der Waals surface area contributed by atoms with Crippen molar-refractivity contribution in [3.05, 3.63) is 130 Å². The molecule has 6 rings (SSSR count). The van der Waals surface area contributed by atoms with Crippen LogP contribution in [0.3, 0.4) is 0 Å². The molecule has 6 aromatic rings. The molecule has 0 saturated heterocycles. The van der Waals surface area contributed by atoms with Crippen molar-refractivity contribution >= 4 is 32.3 Å². The molecule has 0 N–H and O–H groups in total. The Morgan fingerprint density at radius 2 is 0.923 bits per heavy atom. The van der Waals surface area contributed by atoms with E-state index >= 15 is 0 Å². The van der Waals surface area contributed by atoms with Crippen molar-refractivity contribution in [3.63, 3.8) is 0 Å². The molecule has 0 radical (unpaired) electrons. The Morgan fingerprint density at radius 1 is 0.513 bits per heavy atom. The van der Waals surface area contributed by atoms with Gasteiger partial charge in [-0.1, -0.05) is 72.8 Å². The second-order valence-corrected chi connectivity index (χ2v) is 9.67. The van der Waals surface area contributed by atoms with Crippen molar-refractivity contribution < 1.29 is 25.6 Å². The van der Waals surface area contributed by atoms with Crippen LogP contribution in [-0.2, 0) is 10.4 Å². The molecule has 0 aliphatic rings. The van der Waals surface area contributed by atoms with Gasteiger partial charge in [0.05, 0.1) is 0 Å².